The lowest BCUT2D eigenvalue weighted by atomic mass is 10.1. The van der Waals surface area contributed by atoms with Gasteiger partial charge < -0.3 is 14.7 Å². The van der Waals surface area contributed by atoms with E-state index in [0.29, 0.717) is 48.5 Å². The molecule has 0 saturated carbocycles. The Labute approximate surface area is 191 Å². The van der Waals surface area contributed by atoms with Crippen molar-refractivity contribution in [1.82, 2.24) is 25.3 Å². The van der Waals surface area contributed by atoms with Gasteiger partial charge in [-0.05, 0) is 42.0 Å². The van der Waals surface area contributed by atoms with Gasteiger partial charge in [0.05, 0.1) is 6.54 Å². The minimum atomic E-state index is -0.0789. The molecule has 32 heavy (non-hydrogen) atoms. The van der Waals surface area contributed by atoms with Crippen molar-refractivity contribution in [1.29, 1.82) is 0 Å². The molecule has 1 saturated heterocycles. The van der Waals surface area contributed by atoms with Crippen molar-refractivity contribution >= 4 is 23.4 Å². The van der Waals surface area contributed by atoms with E-state index in [2.05, 4.69) is 20.4 Å². The number of amides is 2. The molecule has 0 radical (unpaired) electrons. The number of hydrogen-bond donors (Lipinski definition) is 1. The fourth-order valence-corrected chi connectivity index (χ4v) is 3.64. The molecule has 0 atom stereocenters. The zero-order valence-electron chi connectivity index (χ0n) is 17.8. The molecule has 2 heterocycles. The number of benzene rings is 2. The number of hydrogen-bond acceptors (Lipinski definition) is 6. The Morgan fingerprint density at radius 1 is 1.03 bits per heavy atom. The molecule has 166 valence electrons. The van der Waals surface area contributed by atoms with Gasteiger partial charge in [0, 0.05) is 55.8 Å². The summed E-state index contributed by atoms with van der Waals surface area (Å²) < 4.78 is 5.40. The summed E-state index contributed by atoms with van der Waals surface area (Å²) in [6, 6.07) is 14.6. The van der Waals surface area contributed by atoms with Gasteiger partial charge in [-0.1, -0.05) is 28.9 Å². The van der Waals surface area contributed by atoms with Gasteiger partial charge in [-0.15, -0.1) is 0 Å². The second-order valence-electron chi connectivity index (χ2n) is 7.69. The monoisotopic (exact) mass is 453 g/mol. The van der Waals surface area contributed by atoms with Gasteiger partial charge in [0.25, 0.3) is 5.91 Å². The van der Waals surface area contributed by atoms with Crippen LogP contribution in [-0.4, -0.2) is 57.9 Å². The normalized spacial score (nSPS) is 14.4. The quantitative estimate of drug-likeness (QED) is 0.617. The van der Waals surface area contributed by atoms with E-state index in [0.717, 1.165) is 24.2 Å². The number of carbonyl (C=O) groups is 2. The molecule has 8 nitrogen and oxygen atoms in total. The van der Waals surface area contributed by atoms with E-state index < -0.39 is 0 Å². The predicted octanol–water partition coefficient (Wildman–Crippen LogP) is 2.98. The van der Waals surface area contributed by atoms with Crippen LogP contribution in [0.3, 0.4) is 0 Å². The smallest absolute Gasteiger partial charge is 0.253 e. The summed E-state index contributed by atoms with van der Waals surface area (Å²) in [6.45, 7) is 5.19. The Balaban J connectivity index is 1.28. The van der Waals surface area contributed by atoms with Gasteiger partial charge in [0.15, 0.2) is 0 Å². The molecule has 1 aliphatic heterocycles. The average molecular weight is 454 g/mol. The highest BCUT2D eigenvalue weighted by Crippen LogP contribution is 2.19. The van der Waals surface area contributed by atoms with Crippen LogP contribution in [0.5, 0.6) is 0 Å². The van der Waals surface area contributed by atoms with E-state index in [1.54, 1.807) is 12.1 Å². The van der Waals surface area contributed by atoms with Crippen LogP contribution in [0.4, 0.5) is 0 Å². The van der Waals surface area contributed by atoms with Gasteiger partial charge in [-0.2, -0.15) is 4.98 Å². The summed E-state index contributed by atoms with van der Waals surface area (Å²) in [7, 11) is 0. The van der Waals surface area contributed by atoms with E-state index in [1.165, 1.54) is 6.92 Å². The van der Waals surface area contributed by atoms with Gasteiger partial charge >= 0.3 is 0 Å². The lowest BCUT2D eigenvalue weighted by Gasteiger charge is -2.34. The fourth-order valence-electron chi connectivity index (χ4n) is 3.51. The Morgan fingerprint density at radius 2 is 1.72 bits per heavy atom. The van der Waals surface area contributed by atoms with E-state index in [9.17, 15) is 9.59 Å². The SMILES string of the molecule is CC(=O)NCc1ccc(C(=O)N2CCN(Cc3nc(-c4ccc(Cl)cc4)no3)CC2)cc1. The lowest BCUT2D eigenvalue weighted by Crippen LogP contribution is -2.48. The maximum atomic E-state index is 12.8. The molecule has 0 unspecified atom stereocenters. The highest BCUT2D eigenvalue weighted by molar-refractivity contribution is 6.30. The average Bonchev–Trinajstić information content (AvgIpc) is 3.27. The number of nitrogens with zero attached hydrogens (tertiary/aromatic N) is 4. The minimum absolute atomic E-state index is 0.0125. The number of rotatable bonds is 6. The summed E-state index contributed by atoms with van der Waals surface area (Å²) in [5.74, 6) is 1.01. The molecule has 0 aliphatic carbocycles. The zero-order chi connectivity index (χ0) is 22.5. The van der Waals surface area contributed by atoms with Crippen molar-refractivity contribution in [3.63, 3.8) is 0 Å². The Morgan fingerprint density at radius 3 is 2.38 bits per heavy atom. The Bertz CT molecular complexity index is 1070. The van der Waals surface area contributed by atoms with Gasteiger partial charge in [0.1, 0.15) is 0 Å². The van der Waals surface area contributed by atoms with Crippen molar-refractivity contribution in [2.24, 2.45) is 0 Å². The third-order valence-electron chi connectivity index (χ3n) is 5.33. The largest absolute Gasteiger partial charge is 0.352 e. The van der Waals surface area contributed by atoms with Crippen molar-refractivity contribution in [3.8, 4) is 11.4 Å². The summed E-state index contributed by atoms with van der Waals surface area (Å²) >= 11 is 5.92. The minimum Gasteiger partial charge on any atom is -0.352 e. The summed E-state index contributed by atoms with van der Waals surface area (Å²) in [4.78, 5) is 32.4. The Hall–Kier alpha value is -3.23. The van der Waals surface area contributed by atoms with Crippen LogP contribution < -0.4 is 5.32 Å². The number of halogens is 1. The van der Waals surface area contributed by atoms with Crippen LogP contribution in [0.25, 0.3) is 11.4 Å². The first-order valence-corrected chi connectivity index (χ1v) is 10.8. The number of carbonyl (C=O) groups excluding carboxylic acids is 2. The molecule has 1 aromatic heterocycles. The van der Waals surface area contributed by atoms with E-state index in [-0.39, 0.29) is 11.8 Å². The molecule has 0 bridgehead atoms. The van der Waals surface area contributed by atoms with E-state index in [1.807, 2.05) is 41.3 Å². The van der Waals surface area contributed by atoms with Gasteiger partial charge in [0.2, 0.25) is 17.6 Å². The van der Waals surface area contributed by atoms with Crippen LogP contribution in [0.1, 0.15) is 28.7 Å². The molecule has 4 rings (SSSR count). The van der Waals surface area contributed by atoms with Gasteiger partial charge in [-0.3, -0.25) is 14.5 Å². The molecule has 0 spiro atoms. The number of aromatic nitrogens is 2. The second kappa shape index (κ2) is 9.93. The van der Waals surface area contributed by atoms with Crippen molar-refractivity contribution < 1.29 is 14.1 Å². The van der Waals surface area contributed by atoms with Crippen molar-refractivity contribution in [2.75, 3.05) is 26.2 Å². The third-order valence-corrected chi connectivity index (χ3v) is 5.58. The summed E-state index contributed by atoms with van der Waals surface area (Å²) in [5.41, 5.74) is 2.46. The number of nitrogens with one attached hydrogen (secondary N) is 1. The van der Waals surface area contributed by atoms with Gasteiger partial charge in [-0.25, -0.2) is 0 Å². The summed E-state index contributed by atoms with van der Waals surface area (Å²) in [6.07, 6.45) is 0. The first kappa shape index (κ1) is 22.0. The molecular formula is C23H24ClN5O3. The molecule has 2 amide bonds. The van der Waals surface area contributed by atoms with Crippen LogP contribution in [0.15, 0.2) is 53.1 Å². The molecule has 9 heteroatoms. The molecule has 3 aromatic rings. The predicted molar refractivity (Wildman–Crippen MR) is 120 cm³/mol. The van der Waals surface area contributed by atoms with E-state index >= 15 is 0 Å². The molecule has 1 fully saturated rings. The highest BCUT2D eigenvalue weighted by atomic mass is 35.5. The Kier molecular flexibility index (Phi) is 6.82. The maximum absolute atomic E-state index is 12.8. The van der Waals surface area contributed by atoms with Crippen molar-refractivity contribution in [2.45, 2.75) is 20.0 Å². The van der Waals surface area contributed by atoms with Crippen molar-refractivity contribution in [3.05, 3.63) is 70.6 Å². The van der Waals surface area contributed by atoms with E-state index in [4.69, 9.17) is 16.1 Å². The van der Waals surface area contributed by atoms with Crippen LogP contribution in [0, 0.1) is 0 Å². The molecule has 1 N–H and O–H groups in total. The topological polar surface area (TPSA) is 91.6 Å². The lowest BCUT2D eigenvalue weighted by molar-refractivity contribution is -0.119. The van der Waals surface area contributed by atoms with Crippen LogP contribution >= 0.6 is 11.6 Å². The maximum Gasteiger partial charge on any atom is 0.253 e. The second-order valence-corrected chi connectivity index (χ2v) is 8.13. The fraction of sp³-hybridized carbons (Fsp3) is 0.304. The number of piperazine rings is 1. The first-order valence-electron chi connectivity index (χ1n) is 10.4. The summed E-state index contributed by atoms with van der Waals surface area (Å²) in [5, 5.41) is 7.46. The molecular weight excluding hydrogens is 430 g/mol. The standard InChI is InChI=1S/C23H24ClN5O3/c1-16(30)25-14-17-2-4-19(5-3-17)23(31)29-12-10-28(11-13-29)15-21-26-22(27-32-21)18-6-8-20(24)9-7-18/h2-9H,10-15H2,1H3,(H,25,30). The van der Waals surface area contributed by atoms with Crippen LogP contribution in [0.2, 0.25) is 5.02 Å². The molecule has 1 aliphatic rings. The molecule has 2 aromatic carbocycles. The van der Waals surface area contributed by atoms with Crippen LogP contribution in [-0.2, 0) is 17.9 Å². The first-order chi connectivity index (χ1) is 15.5. The zero-order valence-corrected chi connectivity index (χ0v) is 18.5. The third kappa shape index (κ3) is 5.52. The highest BCUT2D eigenvalue weighted by Gasteiger charge is 2.23.